The quantitative estimate of drug-likeness (QED) is 0.785. The normalized spacial score (nSPS) is 10.5. The maximum atomic E-state index is 5.81. The van der Waals surface area contributed by atoms with Gasteiger partial charge in [-0.1, -0.05) is 23.7 Å². The molecule has 0 saturated heterocycles. The summed E-state index contributed by atoms with van der Waals surface area (Å²) in [5.41, 5.74) is 1.18. The van der Waals surface area contributed by atoms with Gasteiger partial charge >= 0.3 is 0 Å². The van der Waals surface area contributed by atoms with E-state index >= 15 is 0 Å². The van der Waals surface area contributed by atoms with Crippen LogP contribution in [0.15, 0.2) is 36.5 Å². The molecule has 1 heterocycles. The van der Waals surface area contributed by atoms with Gasteiger partial charge in [0.05, 0.1) is 6.54 Å². The Morgan fingerprint density at radius 3 is 2.60 bits per heavy atom. The van der Waals surface area contributed by atoms with Crippen LogP contribution in [0.5, 0.6) is 0 Å². The summed E-state index contributed by atoms with van der Waals surface area (Å²) in [5, 5.41) is 6.80. The van der Waals surface area contributed by atoms with Crippen LogP contribution in [0.1, 0.15) is 5.56 Å². The molecule has 78 valence electrons. The molecule has 15 heavy (non-hydrogen) atoms. The van der Waals surface area contributed by atoms with Crippen molar-refractivity contribution in [3.63, 3.8) is 0 Å². The molecule has 0 radical (unpaired) electrons. The lowest BCUT2D eigenvalue weighted by atomic mass is 10.2. The van der Waals surface area contributed by atoms with Gasteiger partial charge in [0.1, 0.15) is 0 Å². The second kappa shape index (κ2) is 4.47. The molecule has 1 aromatic carbocycles. The van der Waals surface area contributed by atoms with E-state index in [0.717, 1.165) is 17.4 Å². The van der Waals surface area contributed by atoms with E-state index in [1.54, 1.807) is 5.32 Å². The summed E-state index contributed by atoms with van der Waals surface area (Å²) in [6.07, 6.45) is 1.94. The van der Waals surface area contributed by atoms with Gasteiger partial charge in [-0.05, 0) is 17.7 Å². The SMILES string of the molecule is [CH2-][NH2+]c1ccn(Cc2ccc(Cl)cc2)n1. The minimum absolute atomic E-state index is 0.755. The van der Waals surface area contributed by atoms with E-state index in [4.69, 9.17) is 11.6 Å². The van der Waals surface area contributed by atoms with E-state index in [2.05, 4.69) is 12.1 Å². The van der Waals surface area contributed by atoms with Crippen molar-refractivity contribution in [2.75, 3.05) is 0 Å². The van der Waals surface area contributed by atoms with Crippen molar-refractivity contribution in [3.05, 3.63) is 54.2 Å². The fourth-order valence-corrected chi connectivity index (χ4v) is 1.48. The van der Waals surface area contributed by atoms with Gasteiger partial charge in [-0.2, -0.15) is 0 Å². The first-order valence-electron chi connectivity index (χ1n) is 4.68. The van der Waals surface area contributed by atoms with Crippen molar-refractivity contribution in [1.82, 2.24) is 9.78 Å². The van der Waals surface area contributed by atoms with Gasteiger partial charge < -0.3 is 5.32 Å². The van der Waals surface area contributed by atoms with Crippen molar-refractivity contribution in [3.8, 4) is 0 Å². The molecule has 0 atom stereocenters. The first-order valence-corrected chi connectivity index (χ1v) is 5.06. The fraction of sp³-hybridized carbons (Fsp3) is 0.0909. The number of nitrogens with zero attached hydrogens (tertiary/aromatic N) is 2. The Labute approximate surface area is 93.7 Å². The fourth-order valence-electron chi connectivity index (χ4n) is 1.35. The summed E-state index contributed by atoms with van der Waals surface area (Å²) in [6, 6.07) is 9.70. The van der Waals surface area contributed by atoms with Gasteiger partial charge in [-0.3, -0.25) is 4.68 Å². The number of quaternary nitrogens is 1. The van der Waals surface area contributed by atoms with E-state index in [1.807, 2.05) is 41.2 Å². The molecule has 0 unspecified atom stereocenters. The molecule has 1 aromatic heterocycles. The van der Waals surface area contributed by atoms with Crippen LogP contribution in [0, 0.1) is 7.05 Å². The van der Waals surface area contributed by atoms with Crippen molar-refractivity contribution in [2.24, 2.45) is 0 Å². The Morgan fingerprint density at radius 2 is 2.00 bits per heavy atom. The molecule has 0 amide bonds. The Bertz CT molecular complexity index is 433. The number of hydrogen-bond acceptors (Lipinski definition) is 1. The van der Waals surface area contributed by atoms with Gasteiger partial charge in [-0.15, -0.1) is 12.1 Å². The second-order valence-electron chi connectivity index (χ2n) is 3.27. The van der Waals surface area contributed by atoms with Gasteiger partial charge in [0.25, 0.3) is 0 Å². The standard InChI is InChI=1S/C11H12ClN3/c1-13-11-6-7-15(14-11)8-9-2-4-10(12)5-3-9/h2-7H,1,8,13H2. The Hall–Kier alpha value is -1.32. The average Bonchev–Trinajstić information content (AvgIpc) is 2.69. The third-order valence-electron chi connectivity index (χ3n) is 2.13. The highest BCUT2D eigenvalue weighted by Crippen LogP contribution is 2.10. The van der Waals surface area contributed by atoms with Gasteiger partial charge in [0.2, 0.25) is 5.82 Å². The molecular weight excluding hydrogens is 210 g/mol. The molecule has 3 nitrogen and oxygen atoms in total. The summed E-state index contributed by atoms with van der Waals surface area (Å²) in [4.78, 5) is 0. The topological polar surface area (TPSA) is 34.4 Å². The van der Waals surface area contributed by atoms with Crippen molar-refractivity contribution in [2.45, 2.75) is 6.54 Å². The predicted molar refractivity (Wildman–Crippen MR) is 59.7 cm³/mol. The number of halogens is 1. The molecule has 0 aliphatic heterocycles. The van der Waals surface area contributed by atoms with E-state index in [0.29, 0.717) is 0 Å². The number of aromatic nitrogens is 2. The highest BCUT2D eigenvalue weighted by atomic mass is 35.5. The number of nitrogens with two attached hydrogens (primary N) is 1. The molecule has 2 aromatic rings. The van der Waals surface area contributed by atoms with E-state index in [1.165, 1.54) is 5.56 Å². The lowest BCUT2D eigenvalue weighted by Gasteiger charge is -2.01. The van der Waals surface area contributed by atoms with Crippen LogP contribution in [0.2, 0.25) is 5.02 Å². The van der Waals surface area contributed by atoms with Crippen LogP contribution in [0.25, 0.3) is 0 Å². The van der Waals surface area contributed by atoms with Crippen LogP contribution >= 0.6 is 11.6 Å². The average molecular weight is 222 g/mol. The highest BCUT2D eigenvalue weighted by Gasteiger charge is 1.99. The third-order valence-corrected chi connectivity index (χ3v) is 2.38. The maximum absolute atomic E-state index is 5.81. The summed E-state index contributed by atoms with van der Waals surface area (Å²) < 4.78 is 1.88. The molecule has 0 aliphatic rings. The Kier molecular flexibility index (Phi) is 3.04. The maximum Gasteiger partial charge on any atom is 0.217 e. The highest BCUT2D eigenvalue weighted by molar-refractivity contribution is 6.30. The van der Waals surface area contributed by atoms with E-state index in [9.17, 15) is 0 Å². The van der Waals surface area contributed by atoms with Gasteiger partial charge in [-0.25, -0.2) is 0 Å². The number of rotatable bonds is 3. The summed E-state index contributed by atoms with van der Waals surface area (Å²) in [7, 11) is 3.67. The smallest absolute Gasteiger partial charge is 0.217 e. The zero-order valence-electron chi connectivity index (χ0n) is 8.23. The lowest BCUT2D eigenvalue weighted by molar-refractivity contribution is -0.509. The number of hydrogen-bond donors (Lipinski definition) is 1. The van der Waals surface area contributed by atoms with Crippen molar-refractivity contribution >= 4 is 17.4 Å². The van der Waals surface area contributed by atoms with E-state index in [-0.39, 0.29) is 0 Å². The largest absolute Gasteiger partial charge is 0.428 e. The van der Waals surface area contributed by atoms with Crippen LogP contribution < -0.4 is 5.32 Å². The van der Waals surface area contributed by atoms with E-state index < -0.39 is 0 Å². The first kappa shape index (κ1) is 10.2. The van der Waals surface area contributed by atoms with Crippen LogP contribution in [0.4, 0.5) is 5.82 Å². The summed E-state index contributed by atoms with van der Waals surface area (Å²) in [5.74, 6) is 0.893. The zero-order valence-corrected chi connectivity index (χ0v) is 8.98. The van der Waals surface area contributed by atoms with Crippen LogP contribution in [0.3, 0.4) is 0 Å². The molecule has 0 spiro atoms. The van der Waals surface area contributed by atoms with Crippen LogP contribution in [-0.2, 0) is 6.54 Å². The summed E-state index contributed by atoms with van der Waals surface area (Å²) >= 11 is 5.81. The number of benzene rings is 1. The van der Waals surface area contributed by atoms with Crippen LogP contribution in [-0.4, -0.2) is 9.78 Å². The molecule has 2 N–H and O–H groups in total. The van der Waals surface area contributed by atoms with Crippen molar-refractivity contribution in [1.29, 1.82) is 0 Å². The minimum atomic E-state index is 0.755. The lowest BCUT2D eigenvalue weighted by Crippen LogP contribution is -2.70. The molecule has 0 aliphatic carbocycles. The first-order chi connectivity index (χ1) is 7.28. The molecule has 0 saturated carbocycles. The molecule has 4 heteroatoms. The van der Waals surface area contributed by atoms with Crippen molar-refractivity contribution < 1.29 is 5.32 Å². The van der Waals surface area contributed by atoms with Gasteiger partial charge in [0, 0.05) is 17.3 Å². The molecule has 0 fully saturated rings. The molecule has 2 rings (SSSR count). The predicted octanol–water partition coefficient (Wildman–Crippen LogP) is 1.57. The molecular formula is C11H12ClN3. The monoisotopic (exact) mass is 221 g/mol. The zero-order chi connectivity index (χ0) is 10.7. The second-order valence-corrected chi connectivity index (χ2v) is 3.71. The summed E-state index contributed by atoms with van der Waals surface area (Å²) in [6.45, 7) is 0.755. The third kappa shape index (κ3) is 2.58. The Morgan fingerprint density at radius 1 is 1.27 bits per heavy atom. The van der Waals surface area contributed by atoms with Gasteiger partial charge in [0.15, 0.2) is 0 Å². The minimum Gasteiger partial charge on any atom is -0.428 e. The Balaban J connectivity index is 2.11. The molecule has 0 bridgehead atoms.